The summed E-state index contributed by atoms with van der Waals surface area (Å²) in [5.41, 5.74) is 1.00. The lowest BCUT2D eigenvalue weighted by Gasteiger charge is -2.22. The number of aryl methyl sites for hydroxylation is 1. The highest BCUT2D eigenvalue weighted by atomic mass is 32.2. The standard InChI is InChI=1S/C19H27N3O4S/c1-4-6-12-22(13-7-5-2)27(24,25)17-10-8-16(9-11-17)19(23)20-18-14-15(3)21-26-18/h8-11,14H,4-7,12-13H2,1-3H3,(H,20,23). The van der Waals surface area contributed by atoms with Gasteiger partial charge in [0, 0.05) is 24.7 Å². The molecule has 0 radical (unpaired) electrons. The molecule has 27 heavy (non-hydrogen) atoms. The number of nitrogens with one attached hydrogen (secondary N) is 1. The molecule has 0 saturated carbocycles. The summed E-state index contributed by atoms with van der Waals surface area (Å²) in [5, 5.41) is 6.29. The molecule has 1 heterocycles. The summed E-state index contributed by atoms with van der Waals surface area (Å²) < 4.78 is 32.3. The second-order valence-corrected chi connectivity index (χ2v) is 8.36. The molecule has 0 bridgehead atoms. The maximum atomic E-state index is 12.9. The smallest absolute Gasteiger partial charge is 0.258 e. The second kappa shape index (κ2) is 9.66. The molecule has 0 fully saturated rings. The van der Waals surface area contributed by atoms with Gasteiger partial charge in [-0.05, 0) is 44.0 Å². The molecule has 0 spiro atoms. The van der Waals surface area contributed by atoms with E-state index in [2.05, 4.69) is 10.5 Å². The Labute approximate surface area is 160 Å². The minimum atomic E-state index is -3.57. The molecule has 0 aliphatic carbocycles. The van der Waals surface area contributed by atoms with Crippen molar-refractivity contribution in [3.8, 4) is 0 Å². The minimum Gasteiger partial charge on any atom is -0.338 e. The van der Waals surface area contributed by atoms with Crippen LogP contribution in [0, 0.1) is 6.92 Å². The van der Waals surface area contributed by atoms with Crippen molar-refractivity contribution >= 4 is 21.8 Å². The highest BCUT2D eigenvalue weighted by Crippen LogP contribution is 2.19. The molecule has 148 valence electrons. The van der Waals surface area contributed by atoms with Crippen molar-refractivity contribution in [1.29, 1.82) is 0 Å². The van der Waals surface area contributed by atoms with Crippen LogP contribution in [0.3, 0.4) is 0 Å². The summed E-state index contributed by atoms with van der Waals surface area (Å²) in [6, 6.07) is 7.56. The number of hydrogen-bond donors (Lipinski definition) is 1. The summed E-state index contributed by atoms with van der Waals surface area (Å²) in [4.78, 5) is 12.4. The number of rotatable bonds is 10. The van der Waals surface area contributed by atoms with Crippen molar-refractivity contribution in [2.75, 3.05) is 18.4 Å². The van der Waals surface area contributed by atoms with E-state index >= 15 is 0 Å². The molecular weight excluding hydrogens is 366 g/mol. The van der Waals surface area contributed by atoms with E-state index in [1.165, 1.54) is 28.6 Å². The van der Waals surface area contributed by atoms with Crippen LogP contribution in [0.5, 0.6) is 0 Å². The van der Waals surface area contributed by atoms with Gasteiger partial charge in [-0.3, -0.25) is 10.1 Å². The van der Waals surface area contributed by atoms with Crippen molar-refractivity contribution in [3.63, 3.8) is 0 Å². The summed E-state index contributed by atoms with van der Waals surface area (Å²) >= 11 is 0. The highest BCUT2D eigenvalue weighted by Gasteiger charge is 2.23. The predicted molar refractivity (Wildman–Crippen MR) is 104 cm³/mol. The Hall–Kier alpha value is -2.19. The van der Waals surface area contributed by atoms with Crippen molar-refractivity contribution in [3.05, 3.63) is 41.6 Å². The first kappa shape index (κ1) is 21.1. The first-order valence-electron chi connectivity index (χ1n) is 9.23. The van der Waals surface area contributed by atoms with Crippen LogP contribution in [0.15, 0.2) is 39.8 Å². The predicted octanol–water partition coefficient (Wildman–Crippen LogP) is 3.83. The van der Waals surface area contributed by atoms with Gasteiger partial charge in [0.05, 0.1) is 10.6 Å². The zero-order valence-corrected chi connectivity index (χ0v) is 16.9. The van der Waals surface area contributed by atoms with Gasteiger partial charge < -0.3 is 4.52 Å². The molecule has 1 N–H and O–H groups in total. The number of sulfonamides is 1. The number of hydrogen-bond acceptors (Lipinski definition) is 5. The van der Waals surface area contributed by atoms with Crippen molar-refractivity contribution in [1.82, 2.24) is 9.46 Å². The number of amides is 1. The molecule has 0 saturated heterocycles. The van der Waals surface area contributed by atoms with Crippen LogP contribution in [0.25, 0.3) is 0 Å². The molecule has 0 aliphatic rings. The zero-order chi connectivity index (χ0) is 19.9. The molecule has 2 aromatic rings. The van der Waals surface area contributed by atoms with Gasteiger partial charge in [-0.2, -0.15) is 4.31 Å². The van der Waals surface area contributed by atoms with Gasteiger partial charge in [0.2, 0.25) is 15.9 Å². The maximum absolute atomic E-state index is 12.9. The summed E-state index contributed by atoms with van der Waals surface area (Å²) in [6.45, 7) is 6.83. The Morgan fingerprint density at radius 1 is 1.11 bits per heavy atom. The quantitative estimate of drug-likeness (QED) is 0.662. The van der Waals surface area contributed by atoms with E-state index in [-0.39, 0.29) is 16.7 Å². The molecule has 0 atom stereocenters. The molecule has 0 aliphatic heterocycles. The van der Waals surface area contributed by atoms with E-state index in [0.717, 1.165) is 25.7 Å². The first-order chi connectivity index (χ1) is 12.9. The third kappa shape index (κ3) is 5.64. The Morgan fingerprint density at radius 2 is 1.70 bits per heavy atom. The Kier molecular flexibility index (Phi) is 7.55. The molecule has 2 rings (SSSR count). The van der Waals surface area contributed by atoms with E-state index in [0.29, 0.717) is 24.3 Å². The van der Waals surface area contributed by atoms with Crippen LogP contribution < -0.4 is 5.32 Å². The minimum absolute atomic E-state index is 0.196. The monoisotopic (exact) mass is 393 g/mol. The number of nitrogens with zero attached hydrogens (tertiary/aromatic N) is 2. The fraction of sp³-hybridized carbons (Fsp3) is 0.474. The van der Waals surface area contributed by atoms with Gasteiger partial charge in [-0.25, -0.2) is 8.42 Å². The maximum Gasteiger partial charge on any atom is 0.258 e. The Balaban J connectivity index is 2.14. The lowest BCUT2D eigenvalue weighted by Crippen LogP contribution is -2.33. The largest absolute Gasteiger partial charge is 0.338 e. The number of carbonyl (C=O) groups excluding carboxylic acids is 1. The molecule has 7 nitrogen and oxygen atoms in total. The second-order valence-electron chi connectivity index (χ2n) is 6.42. The topological polar surface area (TPSA) is 92.5 Å². The number of anilines is 1. The van der Waals surface area contributed by atoms with Crippen LogP contribution in [0.1, 0.15) is 55.6 Å². The third-order valence-corrected chi connectivity index (χ3v) is 6.05. The van der Waals surface area contributed by atoms with E-state index in [9.17, 15) is 13.2 Å². The molecular formula is C19H27N3O4S. The highest BCUT2D eigenvalue weighted by molar-refractivity contribution is 7.89. The van der Waals surface area contributed by atoms with Gasteiger partial charge in [0.1, 0.15) is 0 Å². The molecule has 1 aromatic carbocycles. The fourth-order valence-electron chi connectivity index (χ4n) is 2.56. The first-order valence-corrected chi connectivity index (χ1v) is 10.7. The molecule has 1 aromatic heterocycles. The van der Waals surface area contributed by atoms with Crippen molar-refractivity contribution in [2.24, 2.45) is 0 Å². The lowest BCUT2D eigenvalue weighted by molar-refractivity contribution is 0.102. The van der Waals surface area contributed by atoms with Crippen LogP contribution >= 0.6 is 0 Å². The number of carbonyl (C=O) groups is 1. The van der Waals surface area contributed by atoms with Gasteiger partial charge in [0.15, 0.2) is 0 Å². The number of benzene rings is 1. The van der Waals surface area contributed by atoms with Gasteiger partial charge in [-0.15, -0.1) is 0 Å². The summed E-state index contributed by atoms with van der Waals surface area (Å²) in [5.74, 6) is -0.136. The van der Waals surface area contributed by atoms with Crippen molar-refractivity contribution < 1.29 is 17.7 Å². The van der Waals surface area contributed by atoms with Crippen molar-refractivity contribution in [2.45, 2.75) is 51.3 Å². The van der Waals surface area contributed by atoms with E-state index in [4.69, 9.17) is 4.52 Å². The summed E-state index contributed by atoms with van der Waals surface area (Å²) in [6.07, 6.45) is 3.50. The lowest BCUT2D eigenvalue weighted by atomic mass is 10.2. The Bertz CT molecular complexity index is 836. The van der Waals surface area contributed by atoms with Gasteiger partial charge in [-0.1, -0.05) is 31.8 Å². The van der Waals surface area contributed by atoms with Gasteiger partial charge in [0.25, 0.3) is 5.91 Å². The molecule has 1 amide bonds. The van der Waals surface area contributed by atoms with Crippen LogP contribution in [0.4, 0.5) is 5.88 Å². The zero-order valence-electron chi connectivity index (χ0n) is 16.1. The van der Waals surface area contributed by atoms with Crippen LogP contribution in [-0.2, 0) is 10.0 Å². The number of unbranched alkanes of at least 4 members (excludes halogenated alkanes) is 2. The molecule has 8 heteroatoms. The molecule has 0 unspecified atom stereocenters. The normalized spacial score (nSPS) is 11.7. The van der Waals surface area contributed by atoms with Gasteiger partial charge >= 0.3 is 0 Å². The number of aromatic nitrogens is 1. The van der Waals surface area contributed by atoms with Crippen LogP contribution in [-0.4, -0.2) is 36.9 Å². The SMILES string of the molecule is CCCCN(CCCC)S(=O)(=O)c1ccc(C(=O)Nc2cc(C)no2)cc1. The fourth-order valence-corrected chi connectivity index (χ4v) is 4.07. The Morgan fingerprint density at radius 3 is 2.19 bits per heavy atom. The van der Waals surface area contributed by atoms with Crippen LogP contribution in [0.2, 0.25) is 0 Å². The summed E-state index contributed by atoms with van der Waals surface area (Å²) in [7, 11) is -3.57. The van der Waals surface area contributed by atoms with E-state index < -0.39 is 10.0 Å². The third-order valence-electron chi connectivity index (χ3n) is 4.14. The van der Waals surface area contributed by atoms with E-state index in [1.54, 1.807) is 13.0 Å². The average molecular weight is 394 g/mol. The average Bonchev–Trinajstić information content (AvgIpc) is 3.06. The van der Waals surface area contributed by atoms with E-state index in [1.807, 2.05) is 13.8 Å².